The van der Waals surface area contributed by atoms with Crippen LogP contribution in [0, 0.1) is 6.92 Å². The van der Waals surface area contributed by atoms with E-state index in [4.69, 9.17) is 0 Å². The fraction of sp³-hybridized carbons (Fsp3) is 0.125. The predicted octanol–water partition coefficient (Wildman–Crippen LogP) is 2.58. The van der Waals surface area contributed by atoms with Gasteiger partial charge in [-0.2, -0.15) is 0 Å². The molecule has 3 aromatic heterocycles. The van der Waals surface area contributed by atoms with Crippen LogP contribution in [0.1, 0.15) is 21.1 Å². The molecule has 0 radical (unpaired) electrons. The topological polar surface area (TPSA) is 72.2 Å². The van der Waals surface area contributed by atoms with E-state index in [1.807, 2.05) is 13.0 Å². The first kappa shape index (κ1) is 13.8. The van der Waals surface area contributed by atoms with Crippen molar-refractivity contribution < 1.29 is 4.79 Å². The lowest BCUT2D eigenvalue weighted by molar-refractivity contribution is 0.0946. The Bertz CT molecular complexity index is 1020. The molecule has 0 aliphatic carbocycles. The Balaban J connectivity index is 1.51. The summed E-state index contributed by atoms with van der Waals surface area (Å²) in [6, 6.07) is 7.84. The van der Waals surface area contributed by atoms with E-state index in [1.54, 1.807) is 40.4 Å². The maximum absolute atomic E-state index is 12.2. The average Bonchev–Trinajstić information content (AvgIpc) is 3.17. The van der Waals surface area contributed by atoms with Crippen molar-refractivity contribution in [1.29, 1.82) is 0 Å². The standard InChI is InChI=1S/C16H13N5OS/c1-10-2-3-13-12(8-10)19-14(23-13)9-18-15(22)11-4-6-21-7-5-17-16(21)20-11/h2-8H,9H2,1H3,(H,18,22). The van der Waals surface area contributed by atoms with Crippen LogP contribution >= 0.6 is 11.3 Å². The Kier molecular flexibility index (Phi) is 3.27. The molecule has 7 heteroatoms. The smallest absolute Gasteiger partial charge is 0.270 e. The molecule has 0 unspecified atom stereocenters. The second-order valence-corrected chi connectivity index (χ2v) is 6.32. The van der Waals surface area contributed by atoms with E-state index in [2.05, 4.69) is 32.4 Å². The van der Waals surface area contributed by atoms with Crippen LogP contribution in [0.25, 0.3) is 16.0 Å². The number of thiazole rings is 1. The minimum atomic E-state index is -0.231. The molecule has 0 bridgehead atoms. The number of fused-ring (bicyclic) bond motifs is 2. The maximum Gasteiger partial charge on any atom is 0.270 e. The van der Waals surface area contributed by atoms with Gasteiger partial charge in [0.25, 0.3) is 5.91 Å². The third-order valence-electron chi connectivity index (χ3n) is 3.48. The fourth-order valence-corrected chi connectivity index (χ4v) is 3.23. The molecule has 0 spiro atoms. The van der Waals surface area contributed by atoms with Crippen LogP contribution in [0.5, 0.6) is 0 Å². The minimum Gasteiger partial charge on any atom is -0.344 e. The molecule has 0 fully saturated rings. The Labute approximate surface area is 135 Å². The number of rotatable bonds is 3. The molecular weight excluding hydrogens is 310 g/mol. The van der Waals surface area contributed by atoms with Crippen molar-refractivity contribution in [3.05, 3.63) is 59.1 Å². The molecule has 23 heavy (non-hydrogen) atoms. The van der Waals surface area contributed by atoms with Crippen molar-refractivity contribution >= 4 is 33.2 Å². The van der Waals surface area contributed by atoms with Crippen molar-refractivity contribution in [2.75, 3.05) is 0 Å². The third-order valence-corrected chi connectivity index (χ3v) is 4.52. The molecule has 1 aromatic carbocycles. The van der Waals surface area contributed by atoms with Crippen molar-refractivity contribution in [3.63, 3.8) is 0 Å². The van der Waals surface area contributed by atoms with E-state index in [9.17, 15) is 4.79 Å². The largest absolute Gasteiger partial charge is 0.344 e. The van der Waals surface area contributed by atoms with Gasteiger partial charge in [-0.15, -0.1) is 11.3 Å². The van der Waals surface area contributed by atoms with E-state index in [-0.39, 0.29) is 5.91 Å². The van der Waals surface area contributed by atoms with Gasteiger partial charge in [-0.25, -0.2) is 15.0 Å². The third kappa shape index (κ3) is 2.66. The number of benzene rings is 1. The number of aryl methyl sites for hydroxylation is 1. The van der Waals surface area contributed by atoms with Gasteiger partial charge >= 0.3 is 0 Å². The molecule has 0 aliphatic rings. The highest BCUT2D eigenvalue weighted by Crippen LogP contribution is 2.22. The van der Waals surface area contributed by atoms with Gasteiger partial charge in [-0.05, 0) is 30.7 Å². The molecule has 0 saturated carbocycles. The van der Waals surface area contributed by atoms with Gasteiger partial charge in [-0.3, -0.25) is 9.20 Å². The quantitative estimate of drug-likeness (QED) is 0.629. The molecule has 1 N–H and O–H groups in total. The van der Waals surface area contributed by atoms with Crippen LogP contribution in [0.4, 0.5) is 0 Å². The first-order valence-electron chi connectivity index (χ1n) is 7.13. The molecule has 6 nitrogen and oxygen atoms in total. The van der Waals surface area contributed by atoms with Crippen LogP contribution in [-0.4, -0.2) is 25.3 Å². The van der Waals surface area contributed by atoms with E-state index >= 15 is 0 Å². The highest BCUT2D eigenvalue weighted by atomic mass is 32.1. The summed E-state index contributed by atoms with van der Waals surface area (Å²) in [6.45, 7) is 2.43. The number of aromatic nitrogens is 4. The zero-order valence-electron chi connectivity index (χ0n) is 12.4. The van der Waals surface area contributed by atoms with Gasteiger partial charge in [0.05, 0.1) is 16.8 Å². The van der Waals surface area contributed by atoms with Gasteiger partial charge in [0, 0.05) is 18.6 Å². The molecule has 0 atom stereocenters. The minimum absolute atomic E-state index is 0.231. The monoisotopic (exact) mass is 323 g/mol. The molecule has 4 rings (SSSR count). The average molecular weight is 323 g/mol. The van der Waals surface area contributed by atoms with Crippen molar-refractivity contribution in [3.8, 4) is 0 Å². The first-order valence-corrected chi connectivity index (χ1v) is 7.95. The number of imidazole rings is 1. The normalized spacial score (nSPS) is 11.2. The van der Waals surface area contributed by atoms with E-state index in [0.717, 1.165) is 15.2 Å². The zero-order chi connectivity index (χ0) is 15.8. The van der Waals surface area contributed by atoms with Crippen molar-refractivity contribution in [2.24, 2.45) is 0 Å². The number of nitrogens with zero attached hydrogens (tertiary/aromatic N) is 4. The van der Waals surface area contributed by atoms with E-state index < -0.39 is 0 Å². The molecule has 3 heterocycles. The van der Waals surface area contributed by atoms with Gasteiger partial charge < -0.3 is 5.32 Å². The molecule has 114 valence electrons. The van der Waals surface area contributed by atoms with Crippen molar-refractivity contribution in [2.45, 2.75) is 13.5 Å². The number of amides is 1. The number of nitrogens with one attached hydrogen (secondary N) is 1. The van der Waals surface area contributed by atoms with Crippen LogP contribution in [0.3, 0.4) is 0 Å². The van der Waals surface area contributed by atoms with Crippen molar-refractivity contribution in [1.82, 2.24) is 24.7 Å². The van der Waals surface area contributed by atoms with Gasteiger partial charge in [0.2, 0.25) is 5.78 Å². The highest BCUT2D eigenvalue weighted by Gasteiger charge is 2.10. The summed E-state index contributed by atoms with van der Waals surface area (Å²) in [5, 5.41) is 3.73. The summed E-state index contributed by atoms with van der Waals surface area (Å²) in [5.74, 6) is 0.277. The Morgan fingerprint density at radius 1 is 1.26 bits per heavy atom. The Morgan fingerprint density at radius 3 is 3.09 bits per heavy atom. The lowest BCUT2D eigenvalue weighted by Crippen LogP contribution is -2.24. The predicted molar refractivity (Wildman–Crippen MR) is 88.5 cm³/mol. The molecule has 0 saturated heterocycles. The van der Waals surface area contributed by atoms with Crippen LogP contribution in [0.15, 0.2) is 42.9 Å². The van der Waals surface area contributed by atoms with Crippen LogP contribution in [0.2, 0.25) is 0 Å². The maximum atomic E-state index is 12.2. The molecular formula is C16H13N5OS. The van der Waals surface area contributed by atoms with Gasteiger partial charge in [0.1, 0.15) is 10.7 Å². The van der Waals surface area contributed by atoms with Crippen LogP contribution in [-0.2, 0) is 6.54 Å². The number of hydrogen-bond donors (Lipinski definition) is 1. The summed E-state index contributed by atoms with van der Waals surface area (Å²) < 4.78 is 2.88. The number of carbonyl (C=O) groups is 1. The Morgan fingerprint density at radius 2 is 2.17 bits per heavy atom. The fourth-order valence-electron chi connectivity index (χ4n) is 2.34. The number of carbonyl (C=O) groups excluding carboxylic acids is 1. The zero-order valence-corrected chi connectivity index (χ0v) is 13.2. The summed E-state index contributed by atoms with van der Waals surface area (Å²) >= 11 is 1.58. The second kappa shape index (κ2) is 5.44. The second-order valence-electron chi connectivity index (χ2n) is 5.21. The Hall–Kier alpha value is -2.80. The SMILES string of the molecule is Cc1ccc2sc(CNC(=O)c3ccn4ccnc4n3)nc2c1. The molecule has 0 aliphatic heterocycles. The molecule has 1 amide bonds. The first-order chi connectivity index (χ1) is 11.2. The number of hydrogen-bond acceptors (Lipinski definition) is 5. The lowest BCUT2D eigenvalue weighted by Gasteiger charge is -2.02. The summed E-state index contributed by atoms with van der Waals surface area (Å²) in [5.41, 5.74) is 2.49. The van der Waals surface area contributed by atoms with Gasteiger partial charge in [0.15, 0.2) is 0 Å². The summed E-state index contributed by atoms with van der Waals surface area (Å²) in [6.07, 6.45) is 5.20. The lowest BCUT2D eigenvalue weighted by atomic mass is 10.2. The van der Waals surface area contributed by atoms with E-state index in [0.29, 0.717) is 18.0 Å². The van der Waals surface area contributed by atoms with Crippen LogP contribution < -0.4 is 5.32 Å². The highest BCUT2D eigenvalue weighted by molar-refractivity contribution is 7.18. The molecule has 4 aromatic rings. The van der Waals surface area contributed by atoms with Gasteiger partial charge in [-0.1, -0.05) is 6.07 Å². The summed E-state index contributed by atoms with van der Waals surface area (Å²) in [4.78, 5) is 25.1. The summed E-state index contributed by atoms with van der Waals surface area (Å²) in [7, 11) is 0. The van der Waals surface area contributed by atoms with E-state index in [1.165, 1.54) is 5.56 Å².